The van der Waals surface area contributed by atoms with Crippen molar-refractivity contribution in [2.75, 3.05) is 5.43 Å². The van der Waals surface area contributed by atoms with Crippen LogP contribution in [0.25, 0.3) is 0 Å². The quantitative estimate of drug-likeness (QED) is 0.490. The van der Waals surface area contributed by atoms with Gasteiger partial charge in [-0.1, -0.05) is 0 Å². The lowest BCUT2D eigenvalue weighted by Crippen LogP contribution is -2.28. The number of anilines is 1. The standard InChI is InChI=1S/C8H12N4O2S/c9-11-7-2-1-5-10-8(7)15(13,14)12-6-3-4-6/h1-2,5-6,11-12H,3-4,9H2. The number of aromatic nitrogens is 1. The van der Waals surface area contributed by atoms with Crippen LogP contribution in [0, 0.1) is 0 Å². The van der Waals surface area contributed by atoms with Gasteiger partial charge in [-0.05, 0) is 25.0 Å². The molecule has 0 amide bonds. The number of rotatable bonds is 4. The van der Waals surface area contributed by atoms with Crippen molar-refractivity contribution < 1.29 is 8.42 Å². The van der Waals surface area contributed by atoms with Crippen molar-refractivity contribution in [2.45, 2.75) is 23.9 Å². The van der Waals surface area contributed by atoms with Crippen molar-refractivity contribution in [3.63, 3.8) is 0 Å². The first-order valence-corrected chi connectivity index (χ1v) is 6.06. The van der Waals surface area contributed by atoms with E-state index < -0.39 is 10.0 Å². The van der Waals surface area contributed by atoms with Gasteiger partial charge in [0.2, 0.25) is 0 Å². The SMILES string of the molecule is NNc1cccnc1S(=O)(=O)NC1CC1. The van der Waals surface area contributed by atoms with Gasteiger partial charge in [-0.25, -0.2) is 18.1 Å². The van der Waals surface area contributed by atoms with Crippen LogP contribution in [0.5, 0.6) is 0 Å². The summed E-state index contributed by atoms with van der Waals surface area (Å²) in [6, 6.07) is 3.24. The molecular weight excluding hydrogens is 216 g/mol. The highest BCUT2D eigenvalue weighted by Crippen LogP contribution is 2.23. The van der Waals surface area contributed by atoms with E-state index >= 15 is 0 Å². The zero-order valence-corrected chi connectivity index (χ0v) is 8.79. The predicted octanol–water partition coefficient (Wildman–Crippen LogP) is -0.192. The lowest BCUT2D eigenvalue weighted by molar-refractivity contribution is 0.577. The highest BCUT2D eigenvalue weighted by atomic mass is 32.2. The number of sulfonamides is 1. The van der Waals surface area contributed by atoms with Gasteiger partial charge < -0.3 is 5.43 Å². The summed E-state index contributed by atoms with van der Waals surface area (Å²) in [5.41, 5.74) is 2.61. The molecule has 1 fully saturated rings. The predicted molar refractivity (Wildman–Crippen MR) is 55.4 cm³/mol. The summed E-state index contributed by atoms with van der Waals surface area (Å²) < 4.78 is 26.1. The van der Waals surface area contributed by atoms with Crippen LogP contribution < -0.4 is 16.0 Å². The Morgan fingerprint density at radius 3 is 2.80 bits per heavy atom. The van der Waals surface area contributed by atoms with Gasteiger partial charge in [0.15, 0.2) is 5.03 Å². The number of hydrazine groups is 1. The monoisotopic (exact) mass is 228 g/mol. The van der Waals surface area contributed by atoms with E-state index in [9.17, 15) is 8.42 Å². The van der Waals surface area contributed by atoms with E-state index in [0.29, 0.717) is 5.69 Å². The van der Waals surface area contributed by atoms with E-state index in [1.54, 1.807) is 12.1 Å². The second kappa shape index (κ2) is 3.76. The van der Waals surface area contributed by atoms with Crippen molar-refractivity contribution in [3.05, 3.63) is 18.3 Å². The van der Waals surface area contributed by atoms with E-state index in [4.69, 9.17) is 5.84 Å². The first-order valence-electron chi connectivity index (χ1n) is 4.57. The zero-order valence-electron chi connectivity index (χ0n) is 7.97. The van der Waals surface area contributed by atoms with Crippen LogP contribution in [-0.4, -0.2) is 19.4 Å². The Balaban J connectivity index is 2.34. The number of nitrogens with two attached hydrogens (primary N) is 1. The topological polar surface area (TPSA) is 97.1 Å². The fourth-order valence-electron chi connectivity index (χ4n) is 1.19. The molecule has 1 heterocycles. The molecular formula is C8H12N4O2S. The molecule has 0 aliphatic heterocycles. The maximum absolute atomic E-state index is 11.8. The molecule has 0 bridgehead atoms. The van der Waals surface area contributed by atoms with Crippen molar-refractivity contribution in [2.24, 2.45) is 5.84 Å². The third-order valence-corrected chi connectivity index (χ3v) is 3.56. The first-order chi connectivity index (χ1) is 7.13. The number of hydrogen-bond donors (Lipinski definition) is 3. The fourth-order valence-corrected chi connectivity index (χ4v) is 2.59. The highest BCUT2D eigenvalue weighted by molar-refractivity contribution is 7.89. The summed E-state index contributed by atoms with van der Waals surface area (Å²) in [4.78, 5) is 3.81. The summed E-state index contributed by atoms with van der Waals surface area (Å²) in [5, 5.41) is -0.0561. The summed E-state index contributed by atoms with van der Waals surface area (Å²) in [6.07, 6.45) is 3.19. The molecule has 4 N–H and O–H groups in total. The molecule has 0 radical (unpaired) electrons. The fraction of sp³-hybridized carbons (Fsp3) is 0.375. The van der Waals surface area contributed by atoms with E-state index in [2.05, 4.69) is 15.1 Å². The number of nitrogens with zero attached hydrogens (tertiary/aromatic N) is 1. The van der Waals surface area contributed by atoms with Gasteiger partial charge in [0.05, 0.1) is 5.69 Å². The number of hydrogen-bond acceptors (Lipinski definition) is 5. The van der Waals surface area contributed by atoms with Crippen LogP contribution in [-0.2, 0) is 10.0 Å². The van der Waals surface area contributed by atoms with Gasteiger partial charge in [0, 0.05) is 12.2 Å². The van der Waals surface area contributed by atoms with Crippen LogP contribution in [0.4, 0.5) is 5.69 Å². The van der Waals surface area contributed by atoms with Crippen LogP contribution in [0.3, 0.4) is 0 Å². The van der Waals surface area contributed by atoms with Crippen LogP contribution >= 0.6 is 0 Å². The Hall–Kier alpha value is -1.18. The van der Waals surface area contributed by atoms with Crippen LogP contribution in [0.2, 0.25) is 0 Å². The molecule has 1 aliphatic rings. The van der Waals surface area contributed by atoms with E-state index in [1.165, 1.54) is 6.20 Å². The number of nitrogen functional groups attached to an aromatic ring is 1. The van der Waals surface area contributed by atoms with Gasteiger partial charge >= 0.3 is 0 Å². The largest absolute Gasteiger partial charge is 0.321 e. The summed E-state index contributed by atoms with van der Waals surface area (Å²) in [7, 11) is -3.54. The number of pyridine rings is 1. The van der Waals surface area contributed by atoms with Crippen LogP contribution in [0.1, 0.15) is 12.8 Å². The molecule has 1 saturated carbocycles. The molecule has 1 aromatic heterocycles. The molecule has 0 atom stereocenters. The molecule has 82 valence electrons. The smallest absolute Gasteiger partial charge is 0.260 e. The van der Waals surface area contributed by atoms with Gasteiger partial charge in [0.25, 0.3) is 10.0 Å². The molecule has 0 unspecified atom stereocenters. The Bertz CT molecular complexity index is 455. The minimum absolute atomic E-state index is 0.0561. The molecule has 0 spiro atoms. The van der Waals surface area contributed by atoms with E-state index in [1.807, 2.05) is 0 Å². The summed E-state index contributed by atoms with van der Waals surface area (Å²) in [5.74, 6) is 5.21. The highest BCUT2D eigenvalue weighted by Gasteiger charge is 2.29. The van der Waals surface area contributed by atoms with Gasteiger partial charge in [0.1, 0.15) is 0 Å². The van der Waals surface area contributed by atoms with Crippen molar-refractivity contribution in [3.8, 4) is 0 Å². The summed E-state index contributed by atoms with van der Waals surface area (Å²) >= 11 is 0. The zero-order chi connectivity index (χ0) is 10.9. The normalized spacial score (nSPS) is 16.3. The Morgan fingerprint density at radius 2 is 2.20 bits per heavy atom. The second-order valence-corrected chi connectivity index (χ2v) is 5.03. The molecule has 7 heteroatoms. The minimum atomic E-state index is -3.54. The first kappa shape index (κ1) is 10.3. The van der Waals surface area contributed by atoms with Gasteiger partial charge in [-0.15, -0.1) is 0 Å². The molecule has 6 nitrogen and oxygen atoms in total. The van der Waals surface area contributed by atoms with Gasteiger partial charge in [-0.3, -0.25) is 5.84 Å². The lowest BCUT2D eigenvalue weighted by Gasteiger charge is -2.08. The Kier molecular flexibility index (Phi) is 2.59. The van der Waals surface area contributed by atoms with E-state index in [0.717, 1.165) is 12.8 Å². The second-order valence-electron chi connectivity index (χ2n) is 3.40. The third kappa shape index (κ3) is 2.25. The van der Waals surface area contributed by atoms with Crippen molar-refractivity contribution >= 4 is 15.7 Å². The Labute approximate surface area is 87.9 Å². The number of nitrogens with one attached hydrogen (secondary N) is 2. The molecule has 2 rings (SSSR count). The Morgan fingerprint density at radius 1 is 1.47 bits per heavy atom. The average molecular weight is 228 g/mol. The van der Waals surface area contributed by atoms with E-state index in [-0.39, 0.29) is 11.1 Å². The van der Waals surface area contributed by atoms with Crippen LogP contribution in [0.15, 0.2) is 23.4 Å². The third-order valence-electron chi connectivity index (χ3n) is 2.08. The maximum atomic E-state index is 11.8. The lowest BCUT2D eigenvalue weighted by atomic mass is 10.4. The molecule has 15 heavy (non-hydrogen) atoms. The molecule has 0 aromatic carbocycles. The van der Waals surface area contributed by atoms with Crippen molar-refractivity contribution in [1.82, 2.24) is 9.71 Å². The van der Waals surface area contributed by atoms with Gasteiger partial charge in [-0.2, -0.15) is 0 Å². The summed E-state index contributed by atoms with van der Waals surface area (Å²) in [6.45, 7) is 0. The molecule has 1 aromatic rings. The van der Waals surface area contributed by atoms with Crippen molar-refractivity contribution in [1.29, 1.82) is 0 Å². The molecule has 0 saturated heterocycles. The minimum Gasteiger partial charge on any atom is -0.321 e. The molecule has 1 aliphatic carbocycles. The maximum Gasteiger partial charge on any atom is 0.260 e. The average Bonchev–Trinajstić information content (AvgIpc) is 3.01.